The van der Waals surface area contributed by atoms with Gasteiger partial charge >= 0.3 is 0 Å². The third kappa shape index (κ3) is 0.998. The lowest BCUT2D eigenvalue weighted by molar-refractivity contribution is -0.0241. The van der Waals surface area contributed by atoms with Crippen LogP contribution in [0.2, 0.25) is 0 Å². The zero-order valence-electron chi connectivity index (χ0n) is 5.79. The summed E-state index contributed by atoms with van der Waals surface area (Å²) in [7, 11) is 0. The third-order valence-electron chi connectivity index (χ3n) is 1.68. The number of hydrazone groups is 1. The minimum atomic E-state index is 0.0405. The summed E-state index contributed by atoms with van der Waals surface area (Å²) in [6.45, 7) is 2.73. The van der Waals surface area contributed by atoms with E-state index >= 15 is 0 Å². The van der Waals surface area contributed by atoms with E-state index in [0.717, 1.165) is 26.1 Å². The van der Waals surface area contributed by atoms with E-state index in [9.17, 15) is 0 Å². The van der Waals surface area contributed by atoms with Crippen molar-refractivity contribution in [1.29, 1.82) is 0 Å². The maximum atomic E-state index is 5.34. The van der Waals surface area contributed by atoms with Gasteiger partial charge in [0.1, 0.15) is 0 Å². The maximum absolute atomic E-state index is 5.34. The van der Waals surface area contributed by atoms with Crippen LogP contribution in [0.5, 0.6) is 0 Å². The molecule has 0 aliphatic carbocycles. The standard InChI is InChI=1S/C6H11N3O/c1-2-8-9(4-1)6-7-3-5-10-6/h2,6-7H,1,3-5H2. The van der Waals surface area contributed by atoms with Crippen molar-refractivity contribution in [2.24, 2.45) is 5.10 Å². The van der Waals surface area contributed by atoms with Gasteiger partial charge in [0.2, 0.25) is 6.35 Å². The Labute approximate surface area is 59.8 Å². The molecule has 0 amide bonds. The Bertz CT molecular complexity index is 142. The Balaban J connectivity index is 1.91. The molecular formula is C6H11N3O. The fraction of sp³-hybridized carbons (Fsp3) is 0.833. The van der Waals surface area contributed by atoms with Crippen LogP contribution in [0.4, 0.5) is 0 Å². The van der Waals surface area contributed by atoms with Crippen LogP contribution >= 0.6 is 0 Å². The van der Waals surface area contributed by atoms with Crippen molar-refractivity contribution >= 4 is 6.21 Å². The molecule has 0 saturated carbocycles. The molecule has 2 rings (SSSR count). The summed E-state index contributed by atoms with van der Waals surface area (Å²) in [5.41, 5.74) is 0. The second-order valence-corrected chi connectivity index (χ2v) is 2.43. The molecule has 1 atom stereocenters. The van der Waals surface area contributed by atoms with Crippen LogP contribution in [0.25, 0.3) is 0 Å². The van der Waals surface area contributed by atoms with Crippen molar-refractivity contribution in [2.45, 2.75) is 12.8 Å². The van der Waals surface area contributed by atoms with E-state index in [0.29, 0.717) is 0 Å². The van der Waals surface area contributed by atoms with Gasteiger partial charge in [-0.1, -0.05) is 0 Å². The van der Waals surface area contributed by atoms with Crippen LogP contribution < -0.4 is 5.32 Å². The lowest BCUT2D eigenvalue weighted by Gasteiger charge is -2.20. The van der Waals surface area contributed by atoms with Crippen molar-refractivity contribution in [3.8, 4) is 0 Å². The van der Waals surface area contributed by atoms with Gasteiger partial charge in [-0.25, -0.2) is 0 Å². The number of rotatable bonds is 1. The van der Waals surface area contributed by atoms with Crippen molar-refractivity contribution in [3.63, 3.8) is 0 Å². The molecule has 4 nitrogen and oxygen atoms in total. The highest BCUT2D eigenvalue weighted by molar-refractivity contribution is 5.58. The lowest BCUT2D eigenvalue weighted by Crippen LogP contribution is -2.38. The summed E-state index contributed by atoms with van der Waals surface area (Å²) >= 11 is 0. The summed E-state index contributed by atoms with van der Waals surface area (Å²) in [6, 6.07) is 0. The number of hydrogen-bond donors (Lipinski definition) is 1. The first kappa shape index (κ1) is 6.12. The SMILES string of the molecule is C1=NN(C2NCCO2)CC1. The molecule has 0 aromatic heterocycles. The van der Waals surface area contributed by atoms with Crippen molar-refractivity contribution in [3.05, 3.63) is 0 Å². The quantitative estimate of drug-likeness (QED) is 0.539. The highest BCUT2D eigenvalue weighted by Crippen LogP contribution is 2.07. The normalized spacial score (nSPS) is 32.0. The van der Waals surface area contributed by atoms with E-state index < -0.39 is 0 Å². The number of ether oxygens (including phenoxy) is 1. The molecule has 1 fully saturated rings. The summed E-state index contributed by atoms with van der Waals surface area (Å²) in [6.07, 6.45) is 3.00. The predicted molar refractivity (Wildman–Crippen MR) is 37.6 cm³/mol. The van der Waals surface area contributed by atoms with Crippen LogP contribution in [0.3, 0.4) is 0 Å². The number of hydrogen-bond acceptors (Lipinski definition) is 4. The van der Waals surface area contributed by atoms with Gasteiger partial charge in [-0.2, -0.15) is 5.10 Å². The van der Waals surface area contributed by atoms with Crippen LogP contribution in [-0.4, -0.2) is 37.3 Å². The molecule has 0 aromatic rings. The monoisotopic (exact) mass is 141 g/mol. The van der Waals surface area contributed by atoms with E-state index in [1.165, 1.54) is 0 Å². The first-order valence-corrected chi connectivity index (χ1v) is 3.61. The average molecular weight is 141 g/mol. The molecule has 4 heteroatoms. The molecule has 2 aliphatic rings. The molecule has 56 valence electrons. The van der Waals surface area contributed by atoms with Crippen LogP contribution in [0.15, 0.2) is 5.10 Å². The first-order chi connectivity index (χ1) is 4.97. The molecule has 2 heterocycles. The second-order valence-electron chi connectivity index (χ2n) is 2.43. The Hall–Kier alpha value is -0.610. The summed E-state index contributed by atoms with van der Waals surface area (Å²) < 4.78 is 5.34. The molecule has 0 spiro atoms. The van der Waals surface area contributed by atoms with Gasteiger partial charge in [0.05, 0.1) is 6.61 Å². The largest absolute Gasteiger partial charge is 0.342 e. The van der Waals surface area contributed by atoms with Crippen molar-refractivity contribution in [1.82, 2.24) is 10.3 Å². The zero-order chi connectivity index (χ0) is 6.81. The van der Waals surface area contributed by atoms with Crippen molar-refractivity contribution in [2.75, 3.05) is 19.7 Å². The van der Waals surface area contributed by atoms with E-state index in [-0.39, 0.29) is 6.35 Å². The predicted octanol–water partition coefficient (Wildman–Crippen LogP) is -0.419. The molecule has 0 radical (unpaired) electrons. The Morgan fingerprint density at radius 2 is 2.70 bits per heavy atom. The molecule has 2 aliphatic heterocycles. The topological polar surface area (TPSA) is 36.9 Å². The Kier molecular flexibility index (Phi) is 1.56. The van der Waals surface area contributed by atoms with Crippen LogP contribution in [-0.2, 0) is 4.74 Å². The fourth-order valence-electron chi connectivity index (χ4n) is 1.19. The molecule has 1 N–H and O–H groups in total. The van der Waals surface area contributed by atoms with E-state index in [2.05, 4.69) is 10.4 Å². The van der Waals surface area contributed by atoms with Crippen molar-refractivity contribution < 1.29 is 4.74 Å². The zero-order valence-corrected chi connectivity index (χ0v) is 5.79. The summed E-state index contributed by atoms with van der Waals surface area (Å²) in [5, 5.41) is 9.26. The molecule has 1 unspecified atom stereocenters. The fourth-order valence-corrected chi connectivity index (χ4v) is 1.19. The number of nitrogens with one attached hydrogen (secondary N) is 1. The smallest absolute Gasteiger partial charge is 0.201 e. The summed E-state index contributed by atoms with van der Waals surface area (Å²) in [5.74, 6) is 0. The van der Waals surface area contributed by atoms with Crippen LogP contribution in [0.1, 0.15) is 6.42 Å². The third-order valence-corrected chi connectivity index (χ3v) is 1.68. The Morgan fingerprint density at radius 1 is 1.70 bits per heavy atom. The highest BCUT2D eigenvalue weighted by Gasteiger charge is 2.22. The van der Waals surface area contributed by atoms with Crippen LogP contribution in [0, 0.1) is 0 Å². The van der Waals surface area contributed by atoms with E-state index in [4.69, 9.17) is 4.74 Å². The minimum Gasteiger partial charge on any atom is -0.342 e. The van der Waals surface area contributed by atoms with E-state index in [1.54, 1.807) is 0 Å². The number of nitrogens with zero attached hydrogens (tertiary/aromatic N) is 2. The molecule has 0 aromatic carbocycles. The first-order valence-electron chi connectivity index (χ1n) is 3.61. The highest BCUT2D eigenvalue weighted by atomic mass is 16.5. The summed E-state index contributed by atoms with van der Waals surface area (Å²) in [4.78, 5) is 0. The second kappa shape index (κ2) is 2.56. The van der Waals surface area contributed by atoms with Gasteiger partial charge in [0, 0.05) is 25.7 Å². The maximum Gasteiger partial charge on any atom is 0.201 e. The molecular weight excluding hydrogens is 130 g/mol. The molecule has 10 heavy (non-hydrogen) atoms. The van der Waals surface area contributed by atoms with Gasteiger partial charge in [-0.05, 0) is 0 Å². The Morgan fingerprint density at radius 3 is 3.30 bits per heavy atom. The minimum absolute atomic E-state index is 0.0405. The van der Waals surface area contributed by atoms with E-state index in [1.807, 2.05) is 11.2 Å². The lowest BCUT2D eigenvalue weighted by atomic mass is 10.5. The van der Waals surface area contributed by atoms with Gasteiger partial charge in [0.15, 0.2) is 0 Å². The van der Waals surface area contributed by atoms with Gasteiger partial charge in [-0.15, -0.1) is 0 Å². The van der Waals surface area contributed by atoms with Gasteiger partial charge in [0.25, 0.3) is 0 Å². The average Bonchev–Trinajstić information content (AvgIpc) is 2.59. The molecule has 1 saturated heterocycles. The van der Waals surface area contributed by atoms with Gasteiger partial charge in [-0.3, -0.25) is 10.3 Å². The molecule has 0 bridgehead atoms. The van der Waals surface area contributed by atoms with Gasteiger partial charge < -0.3 is 4.74 Å².